The van der Waals surface area contributed by atoms with Gasteiger partial charge in [0, 0.05) is 30.4 Å². The number of ether oxygens (including phenoxy) is 1. The Morgan fingerprint density at radius 3 is 2.37 bits per heavy atom. The molecule has 184 valence electrons. The van der Waals surface area contributed by atoms with Crippen molar-refractivity contribution in [2.45, 2.75) is 18.5 Å². The normalized spacial score (nSPS) is 17.5. The molecule has 1 unspecified atom stereocenters. The van der Waals surface area contributed by atoms with Crippen molar-refractivity contribution in [2.24, 2.45) is 5.73 Å². The molecule has 1 heterocycles. The third-order valence-corrected chi connectivity index (χ3v) is 5.58. The molecule has 2 aromatic rings. The number of methoxy groups -OCH3 is 1. The molecule has 0 aliphatic carbocycles. The lowest BCUT2D eigenvalue weighted by atomic mass is 10.00. The van der Waals surface area contributed by atoms with E-state index in [-0.39, 0.29) is 41.3 Å². The molecular weight excluding hydrogens is 457 g/mol. The number of phenols is 1. The van der Waals surface area contributed by atoms with Crippen LogP contribution in [0.15, 0.2) is 48.2 Å². The molecule has 1 aliphatic heterocycles. The molecule has 1 fully saturated rings. The first-order valence-corrected chi connectivity index (χ1v) is 10.7. The van der Waals surface area contributed by atoms with Gasteiger partial charge in [0.25, 0.3) is 5.91 Å². The molecule has 11 heteroatoms. The maximum Gasteiger partial charge on any atom is 0.251 e. The van der Waals surface area contributed by atoms with E-state index < -0.39 is 28.8 Å². The number of nitrogens with two attached hydrogens (primary N) is 1. The van der Waals surface area contributed by atoms with Crippen LogP contribution in [0.4, 0.5) is 4.39 Å². The standard InChI is InChI=1S/C24H26FN5O5/c1-35-19-7-6-18(31)21(22(19)25)23(33)14-2-4-15(5-3-14)24(34)30-17-12-28-11-16(17)29-20(32)8-13(9-26)10-27/h2-7,9-10,16-17,26,28,31H,8,11-12,27H2,1H3,(H,29,32)(H,30,34)/b13-10-,26-9?/t16-,17?/m1/s1. The number of aromatic hydroxyl groups is 1. The Hall–Kier alpha value is -4.25. The van der Waals surface area contributed by atoms with E-state index in [1.807, 2.05) is 0 Å². The summed E-state index contributed by atoms with van der Waals surface area (Å²) < 4.78 is 19.4. The molecule has 3 rings (SSSR count). The first kappa shape index (κ1) is 25.4. The van der Waals surface area contributed by atoms with Gasteiger partial charge in [0.1, 0.15) is 11.3 Å². The Kier molecular flexibility index (Phi) is 8.16. The lowest BCUT2D eigenvalue weighted by Crippen LogP contribution is -2.51. The Bertz CT molecular complexity index is 1170. The molecule has 7 N–H and O–H groups in total. The number of benzene rings is 2. The van der Waals surface area contributed by atoms with E-state index in [0.29, 0.717) is 18.7 Å². The number of carbonyl (C=O) groups excluding carboxylic acids is 3. The number of nitrogens with one attached hydrogen (secondary N) is 4. The van der Waals surface area contributed by atoms with E-state index in [4.69, 9.17) is 15.9 Å². The maximum atomic E-state index is 14.5. The van der Waals surface area contributed by atoms with Gasteiger partial charge in [0.2, 0.25) is 5.91 Å². The average Bonchev–Trinajstić information content (AvgIpc) is 3.28. The molecule has 1 saturated heterocycles. The minimum atomic E-state index is -0.976. The van der Waals surface area contributed by atoms with Crippen molar-refractivity contribution in [1.29, 1.82) is 5.41 Å². The van der Waals surface area contributed by atoms with Crippen LogP contribution in [0.1, 0.15) is 32.7 Å². The molecule has 10 nitrogen and oxygen atoms in total. The summed E-state index contributed by atoms with van der Waals surface area (Å²) in [4.78, 5) is 37.7. The molecule has 1 aliphatic rings. The van der Waals surface area contributed by atoms with E-state index >= 15 is 0 Å². The van der Waals surface area contributed by atoms with Crippen LogP contribution < -0.4 is 26.4 Å². The van der Waals surface area contributed by atoms with Crippen LogP contribution in [-0.2, 0) is 4.79 Å². The first-order valence-electron chi connectivity index (χ1n) is 10.7. The van der Waals surface area contributed by atoms with Crippen molar-refractivity contribution in [1.82, 2.24) is 16.0 Å². The second kappa shape index (κ2) is 11.3. The summed E-state index contributed by atoms with van der Waals surface area (Å²) in [5.74, 6) is -3.18. The second-order valence-electron chi connectivity index (χ2n) is 7.86. The smallest absolute Gasteiger partial charge is 0.251 e. The lowest BCUT2D eigenvalue weighted by molar-refractivity contribution is -0.121. The van der Waals surface area contributed by atoms with Crippen LogP contribution in [0.2, 0.25) is 0 Å². The van der Waals surface area contributed by atoms with E-state index in [9.17, 15) is 23.9 Å². The number of halogens is 1. The Morgan fingerprint density at radius 1 is 1.14 bits per heavy atom. The summed E-state index contributed by atoms with van der Waals surface area (Å²) in [6.45, 7) is 0.887. The quantitative estimate of drug-likeness (QED) is 0.227. The van der Waals surface area contributed by atoms with E-state index in [1.165, 1.54) is 49.7 Å². The summed E-state index contributed by atoms with van der Waals surface area (Å²) in [5, 5.41) is 25.9. The highest BCUT2D eigenvalue weighted by Crippen LogP contribution is 2.30. The number of ketones is 1. The molecular formula is C24H26FN5O5. The summed E-state index contributed by atoms with van der Waals surface area (Å²) >= 11 is 0. The summed E-state index contributed by atoms with van der Waals surface area (Å²) in [6, 6.07) is 7.17. The molecule has 0 radical (unpaired) electrons. The zero-order chi connectivity index (χ0) is 25.5. The number of phenolic OH excluding ortho intramolecular Hbond substituents is 1. The van der Waals surface area contributed by atoms with Gasteiger partial charge in [-0.25, -0.2) is 4.39 Å². The van der Waals surface area contributed by atoms with Gasteiger partial charge in [-0.05, 0) is 36.0 Å². The highest BCUT2D eigenvalue weighted by molar-refractivity contribution is 6.11. The Labute approximate surface area is 200 Å². The van der Waals surface area contributed by atoms with E-state index in [1.54, 1.807) is 0 Å². The van der Waals surface area contributed by atoms with Gasteiger partial charge in [0.15, 0.2) is 17.3 Å². The lowest BCUT2D eigenvalue weighted by Gasteiger charge is -2.21. The van der Waals surface area contributed by atoms with Crippen molar-refractivity contribution >= 4 is 23.8 Å². The van der Waals surface area contributed by atoms with Crippen LogP contribution in [0, 0.1) is 11.2 Å². The summed E-state index contributed by atoms with van der Waals surface area (Å²) in [6.07, 6.45) is 2.15. The van der Waals surface area contributed by atoms with Gasteiger partial charge in [-0.1, -0.05) is 12.1 Å². The number of rotatable bonds is 9. The zero-order valence-corrected chi connectivity index (χ0v) is 18.9. The molecule has 0 bridgehead atoms. The summed E-state index contributed by atoms with van der Waals surface area (Å²) in [7, 11) is 1.25. The largest absolute Gasteiger partial charge is 0.507 e. The van der Waals surface area contributed by atoms with Gasteiger partial charge in [-0.15, -0.1) is 0 Å². The second-order valence-corrected chi connectivity index (χ2v) is 7.86. The number of carbonyl (C=O) groups is 3. The minimum absolute atomic E-state index is 0.0455. The van der Waals surface area contributed by atoms with Crippen LogP contribution in [-0.4, -0.2) is 61.2 Å². The molecule has 2 amide bonds. The van der Waals surface area contributed by atoms with Crippen LogP contribution in [0.3, 0.4) is 0 Å². The zero-order valence-electron chi connectivity index (χ0n) is 18.9. The van der Waals surface area contributed by atoms with Crippen LogP contribution in [0.5, 0.6) is 11.5 Å². The van der Waals surface area contributed by atoms with Crippen molar-refractivity contribution in [3.8, 4) is 11.5 Å². The fraction of sp³-hybridized carbons (Fsp3) is 0.250. The van der Waals surface area contributed by atoms with Crippen molar-refractivity contribution in [3.05, 3.63) is 70.7 Å². The topological polar surface area (TPSA) is 167 Å². The minimum Gasteiger partial charge on any atom is -0.507 e. The number of amides is 2. The highest BCUT2D eigenvalue weighted by atomic mass is 19.1. The monoisotopic (exact) mass is 483 g/mol. The van der Waals surface area contributed by atoms with E-state index in [2.05, 4.69) is 16.0 Å². The predicted octanol–water partition coefficient (Wildman–Crippen LogP) is 0.840. The molecule has 0 aromatic heterocycles. The molecule has 2 aromatic carbocycles. The average molecular weight is 484 g/mol. The third kappa shape index (κ3) is 5.82. The fourth-order valence-corrected chi connectivity index (χ4v) is 3.67. The maximum absolute atomic E-state index is 14.5. The molecule has 0 spiro atoms. The number of hydrogen-bond donors (Lipinski definition) is 6. The fourth-order valence-electron chi connectivity index (χ4n) is 3.67. The van der Waals surface area contributed by atoms with Gasteiger partial charge >= 0.3 is 0 Å². The Balaban J connectivity index is 1.67. The van der Waals surface area contributed by atoms with Crippen LogP contribution in [0.25, 0.3) is 0 Å². The Morgan fingerprint density at radius 2 is 1.77 bits per heavy atom. The molecule has 0 saturated carbocycles. The van der Waals surface area contributed by atoms with Crippen molar-refractivity contribution in [2.75, 3.05) is 20.2 Å². The predicted molar refractivity (Wildman–Crippen MR) is 126 cm³/mol. The first-order chi connectivity index (χ1) is 16.8. The number of hydrogen-bond acceptors (Lipinski definition) is 8. The summed E-state index contributed by atoms with van der Waals surface area (Å²) in [5.41, 5.74) is 5.54. The molecule has 2 atom stereocenters. The van der Waals surface area contributed by atoms with Gasteiger partial charge in [0.05, 0.1) is 25.6 Å². The highest BCUT2D eigenvalue weighted by Gasteiger charge is 2.30. The SMILES string of the molecule is COc1ccc(O)c(C(=O)c2ccc(C(=O)NC3CNC[C@H]3NC(=O)C/C(C=N)=C/N)cc2)c1F. The van der Waals surface area contributed by atoms with Gasteiger partial charge in [-0.3, -0.25) is 14.4 Å². The van der Waals surface area contributed by atoms with Crippen molar-refractivity contribution < 1.29 is 28.6 Å². The van der Waals surface area contributed by atoms with Crippen LogP contribution >= 0.6 is 0 Å². The van der Waals surface area contributed by atoms with Gasteiger partial charge < -0.3 is 36.9 Å². The third-order valence-electron chi connectivity index (χ3n) is 5.58. The van der Waals surface area contributed by atoms with E-state index in [0.717, 1.165) is 6.21 Å². The van der Waals surface area contributed by atoms with Gasteiger partial charge in [-0.2, -0.15) is 0 Å². The van der Waals surface area contributed by atoms with Crippen molar-refractivity contribution in [3.63, 3.8) is 0 Å². The molecule has 35 heavy (non-hydrogen) atoms.